The first-order chi connectivity index (χ1) is 20.3. The molecular weight excluding hydrogens is 508 g/mol. The molecule has 0 bridgehead atoms. The number of aryl methyl sites for hydroxylation is 4. The maximum atomic E-state index is 2.74. The summed E-state index contributed by atoms with van der Waals surface area (Å²) in [6.07, 6.45) is 2.31. The van der Waals surface area contributed by atoms with Gasteiger partial charge in [0.25, 0.3) is 0 Å². The molecule has 0 saturated heterocycles. The Labute approximate surface area is 247 Å². The fourth-order valence-electron chi connectivity index (χ4n) is 9.08. The van der Waals surface area contributed by atoms with Crippen LogP contribution in [0.15, 0.2) is 97.2 Å². The van der Waals surface area contributed by atoms with Crippen molar-refractivity contribution in [1.82, 2.24) is 0 Å². The fourth-order valence-corrected chi connectivity index (χ4v) is 9.08. The van der Waals surface area contributed by atoms with E-state index in [9.17, 15) is 0 Å². The van der Waals surface area contributed by atoms with Crippen molar-refractivity contribution in [3.8, 4) is 33.6 Å². The molecule has 202 valence electrons. The SMILES string of the molecule is Cc1cc(C)c2c(c1)-c1c3c(c4c(C)cc(C)cc4[n+]1C21c2ccccc2-c2cccc[n+]21)C(C)(C)c1ccccc1-3. The Morgan fingerprint density at radius 2 is 1.26 bits per heavy atom. The predicted octanol–water partition coefficient (Wildman–Crippen LogP) is 8.21. The molecule has 0 fully saturated rings. The van der Waals surface area contributed by atoms with Gasteiger partial charge in [0.15, 0.2) is 6.20 Å². The molecular formula is C40H34N2+2. The van der Waals surface area contributed by atoms with E-state index >= 15 is 0 Å². The summed E-state index contributed by atoms with van der Waals surface area (Å²) < 4.78 is 5.30. The maximum Gasteiger partial charge on any atom is 0.418 e. The zero-order valence-corrected chi connectivity index (χ0v) is 25.1. The van der Waals surface area contributed by atoms with Gasteiger partial charge in [0, 0.05) is 23.6 Å². The lowest BCUT2D eigenvalue weighted by molar-refractivity contribution is -0.944. The van der Waals surface area contributed by atoms with Crippen LogP contribution in [-0.4, -0.2) is 0 Å². The summed E-state index contributed by atoms with van der Waals surface area (Å²) in [7, 11) is 0. The molecule has 0 radical (unpaired) electrons. The molecule has 2 nitrogen and oxygen atoms in total. The second kappa shape index (κ2) is 7.63. The van der Waals surface area contributed by atoms with E-state index in [0.29, 0.717) is 0 Å². The Bertz CT molecular complexity index is 2170. The maximum absolute atomic E-state index is 2.74. The predicted molar refractivity (Wildman–Crippen MR) is 170 cm³/mol. The minimum absolute atomic E-state index is 0.118. The highest BCUT2D eigenvalue weighted by atomic mass is 15.3. The van der Waals surface area contributed by atoms with Crippen LogP contribution in [0.3, 0.4) is 0 Å². The second-order valence-corrected chi connectivity index (χ2v) is 13.3. The summed E-state index contributed by atoms with van der Waals surface area (Å²) in [6.45, 7) is 14.0. The number of rotatable bonds is 0. The molecule has 6 aromatic rings. The minimum Gasteiger partial charge on any atom is -0.125 e. The van der Waals surface area contributed by atoms with Crippen molar-refractivity contribution in [2.24, 2.45) is 0 Å². The van der Waals surface area contributed by atoms with Gasteiger partial charge in [-0.05, 0) is 90.9 Å². The number of pyridine rings is 2. The molecule has 1 aliphatic carbocycles. The summed E-state index contributed by atoms with van der Waals surface area (Å²) in [5.74, 6) is 0. The van der Waals surface area contributed by atoms with Gasteiger partial charge in [-0.3, -0.25) is 0 Å². The van der Waals surface area contributed by atoms with Gasteiger partial charge in [-0.15, -0.1) is 9.13 Å². The van der Waals surface area contributed by atoms with Crippen molar-refractivity contribution in [3.05, 3.63) is 142 Å². The molecule has 0 N–H and O–H groups in total. The van der Waals surface area contributed by atoms with Crippen LogP contribution in [0.2, 0.25) is 0 Å². The zero-order chi connectivity index (χ0) is 28.7. The largest absolute Gasteiger partial charge is 0.418 e. The lowest BCUT2D eigenvalue weighted by atomic mass is 9.79. The van der Waals surface area contributed by atoms with Crippen LogP contribution in [0.4, 0.5) is 0 Å². The number of fused-ring (bicyclic) bond motifs is 17. The van der Waals surface area contributed by atoms with E-state index in [1.165, 1.54) is 89.1 Å². The van der Waals surface area contributed by atoms with Crippen LogP contribution < -0.4 is 9.13 Å². The van der Waals surface area contributed by atoms with Gasteiger partial charge in [0.05, 0.1) is 22.1 Å². The van der Waals surface area contributed by atoms with Crippen LogP contribution in [0, 0.1) is 27.7 Å². The molecule has 1 unspecified atom stereocenters. The van der Waals surface area contributed by atoms with Crippen LogP contribution in [0.5, 0.6) is 0 Å². The smallest absolute Gasteiger partial charge is 0.125 e. The van der Waals surface area contributed by atoms with E-state index in [-0.39, 0.29) is 5.41 Å². The summed E-state index contributed by atoms with van der Waals surface area (Å²) in [5, 5.41) is 1.39. The first-order valence-corrected chi connectivity index (χ1v) is 15.1. The van der Waals surface area contributed by atoms with Gasteiger partial charge in [0.1, 0.15) is 11.1 Å². The quantitative estimate of drug-likeness (QED) is 0.171. The van der Waals surface area contributed by atoms with Gasteiger partial charge in [0.2, 0.25) is 16.9 Å². The number of nitrogens with zero attached hydrogens (tertiary/aromatic N) is 2. The first kappa shape index (κ1) is 24.1. The van der Waals surface area contributed by atoms with Crippen LogP contribution in [-0.2, 0) is 11.1 Å². The Kier molecular flexibility index (Phi) is 4.38. The Hall–Kier alpha value is -4.56. The van der Waals surface area contributed by atoms with Crippen LogP contribution in [0.25, 0.3) is 44.5 Å². The summed E-state index contributed by atoms with van der Waals surface area (Å²) in [4.78, 5) is 0. The van der Waals surface area contributed by atoms with E-state index in [1.54, 1.807) is 0 Å². The highest BCUT2D eigenvalue weighted by Crippen LogP contribution is 2.58. The standard InChI is InChI=1S/C40H34N2/c1-23-20-26(4)36-29(21-23)38-35-28-14-8-9-15-30(28)39(5,6)37(35)34-25(3)19-24(2)22-33(34)42(38)40(36)31-16-10-7-13-27(31)32-17-11-12-18-41(32)40/h7-22H,1-6H3/q+2. The Morgan fingerprint density at radius 1 is 0.595 bits per heavy atom. The van der Waals surface area contributed by atoms with Crippen molar-refractivity contribution in [3.63, 3.8) is 0 Å². The van der Waals surface area contributed by atoms with E-state index in [0.717, 1.165) is 0 Å². The topological polar surface area (TPSA) is 7.76 Å². The van der Waals surface area contributed by atoms with Crippen molar-refractivity contribution in [2.45, 2.75) is 52.6 Å². The third kappa shape index (κ3) is 2.55. The summed E-state index contributed by atoms with van der Waals surface area (Å²) >= 11 is 0. The second-order valence-electron chi connectivity index (χ2n) is 13.3. The Balaban J connectivity index is 1.64. The summed E-state index contributed by atoms with van der Waals surface area (Å²) in [6, 6.07) is 34.6. The average Bonchev–Trinajstić information content (AvgIpc) is 3.52. The van der Waals surface area contributed by atoms with Crippen molar-refractivity contribution in [2.75, 3.05) is 0 Å². The van der Waals surface area contributed by atoms with E-state index in [2.05, 4.69) is 148 Å². The Morgan fingerprint density at radius 3 is 2.07 bits per heavy atom. The van der Waals surface area contributed by atoms with Gasteiger partial charge < -0.3 is 0 Å². The van der Waals surface area contributed by atoms with Gasteiger partial charge in [-0.2, -0.15) is 0 Å². The molecule has 2 aliphatic heterocycles. The first-order valence-electron chi connectivity index (χ1n) is 15.1. The molecule has 0 saturated carbocycles. The highest BCUT2D eigenvalue weighted by Gasteiger charge is 2.69. The van der Waals surface area contributed by atoms with Crippen molar-refractivity contribution in [1.29, 1.82) is 0 Å². The molecule has 3 aliphatic rings. The van der Waals surface area contributed by atoms with E-state index in [4.69, 9.17) is 0 Å². The minimum atomic E-state index is -0.537. The third-order valence-corrected chi connectivity index (χ3v) is 10.3. The van der Waals surface area contributed by atoms with Gasteiger partial charge in [-0.1, -0.05) is 62.4 Å². The number of aromatic nitrogens is 2. The molecule has 42 heavy (non-hydrogen) atoms. The molecule has 1 spiro atoms. The van der Waals surface area contributed by atoms with E-state index < -0.39 is 5.66 Å². The lowest BCUT2D eigenvalue weighted by Crippen LogP contribution is -2.72. The van der Waals surface area contributed by atoms with Gasteiger partial charge >= 0.3 is 5.66 Å². The van der Waals surface area contributed by atoms with Gasteiger partial charge in [-0.25, -0.2) is 0 Å². The number of hydrogen-bond acceptors (Lipinski definition) is 0. The molecule has 4 heterocycles. The fraction of sp³-hybridized carbons (Fsp3) is 0.200. The number of benzene rings is 4. The van der Waals surface area contributed by atoms with Crippen LogP contribution >= 0.6 is 0 Å². The summed E-state index contributed by atoms with van der Waals surface area (Å²) in [5.41, 5.74) is 19.6. The lowest BCUT2D eigenvalue weighted by Gasteiger charge is -2.25. The monoisotopic (exact) mass is 542 g/mol. The van der Waals surface area contributed by atoms with E-state index in [1.807, 2.05) is 0 Å². The molecule has 9 rings (SSSR count). The molecule has 0 amide bonds. The van der Waals surface area contributed by atoms with Crippen molar-refractivity contribution < 1.29 is 9.13 Å². The normalized spacial score (nSPS) is 18.0. The molecule has 2 aromatic heterocycles. The molecule has 1 atom stereocenters. The molecule has 2 heteroatoms. The van der Waals surface area contributed by atoms with Crippen molar-refractivity contribution >= 4 is 10.9 Å². The molecule has 4 aromatic carbocycles. The highest BCUT2D eigenvalue weighted by molar-refractivity contribution is 6.02. The van der Waals surface area contributed by atoms with Crippen LogP contribution in [0.1, 0.15) is 58.4 Å². The third-order valence-electron chi connectivity index (χ3n) is 10.3. The number of hydrogen-bond donors (Lipinski definition) is 0. The zero-order valence-electron chi connectivity index (χ0n) is 25.1. The average molecular weight is 543 g/mol.